The van der Waals surface area contributed by atoms with Crippen molar-refractivity contribution >= 4 is 5.91 Å². The summed E-state index contributed by atoms with van der Waals surface area (Å²) >= 11 is 0. The fraction of sp³-hybridized carbons (Fsp3) is 0.400. The van der Waals surface area contributed by atoms with Gasteiger partial charge in [-0.25, -0.2) is 0 Å². The van der Waals surface area contributed by atoms with Gasteiger partial charge in [0.15, 0.2) is 0 Å². The molecule has 16 heavy (non-hydrogen) atoms. The molecule has 84 valence electrons. The van der Waals surface area contributed by atoms with Crippen LogP contribution in [0.2, 0.25) is 0 Å². The highest BCUT2D eigenvalue weighted by Gasteiger charge is 2.38. The van der Waals surface area contributed by atoms with Crippen molar-refractivity contribution in [3.05, 3.63) is 40.2 Å². The Bertz CT molecular complexity index is 407. The maximum absolute atomic E-state index is 11.3. The quantitative estimate of drug-likeness (QED) is 0.587. The summed E-state index contributed by atoms with van der Waals surface area (Å²) in [5.41, 5.74) is 0.678. The van der Waals surface area contributed by atoms with E-state index in [1.807, 2.05) is 0 Å². The summed E-state index contributed by atoms with van der Waals surface area (Å²) in [6, 6.07) is 2.11. The summed E-state index contributed by atoms with van der Waals surface area (Å²) in [5, 5.41) is 13.5. The molecule has 6 nitrogen and oxygen atoms in total. The van der Waals surface area contributed by atoms with E-state index in [1.165, 1.54) is 0 Å². The molecule has 2 atom stereocenters. The minimum atomic E-state index is -0.762. The number of piperidine rings is 1. The average Bonchev–Trinajstić information content (AvgIpc) is 2.29. The fourth-order valence-electron chi connectivity index (χ4n) is 1.88. The van der Waals surface area contributed by atoms with Crippen LogP contribution >= 0.6 is 0 Å². The number of nitrogens with zero attached hydrogens (tertiary/aromatic N) is 2. The molecule has 1 aliphatic heterocycles. The standard InChI is InChI=1S/C10H11N3O3/c14-9-4-3-8(13(15)16)10(12-9)7-2-1-5-11-6-7/h1-2,5-6,8,10H,3-4H2,(H,12,14). The number of carbonyl (C=O) groups excluding carboxylic acids is 1. The predicted octanol–water partition coefficient (Wildman–Crippen LogP) is 0.678. The van der Waals surface area contributed by atoms with Crippen LogP contribution in [0.4, 0.5) is 0 Å². The largest absolute Gasteiger partial charge is 0.343 e. The zero-order valence-electron chi connectivity index (χ0n) is 8.50. The maximum atomic E-state index is 11.3. The summed E-state index contributed by atoms with van der Waals surface area (Å²) < 4.78 is 0. The molecule has 2 unspecified atom stereocenters. The smallest absolute Gasteiger partial charge is 0.237 e. The number of hydrogen-bond donors (Lipinski definition) is 1. The van der Waals surface area contributed by atoms with Gasteiger partial charge in [-0.3, -0.25) is 19.9 Å². The van der Waals surface area contributed by atoms with Crippen molar-refractivity contribution in [3.8, 4) is 0 Å². The van der Waals surface area contributed by atoms with E-state index in [0.717, 1.165) is 0 Å². The van der Waals surface area contributed by atoms with Crippen LogP contribution in [0.5, 0.6) is 0 Å². The van der Waals surface area contributed by atoms with Gasteiger partial charge in [0.25, 0.3) is 0 Å². The number of rotatable bonds is 2. The average molecular weight is 221 g/mol. The first-order valence-corrected chi connectivity index (χ1v) is 5.01. The Balaban J connectivity index is 2.27. The first kappa shape index (κ1) is 10.5. The Morgan fingerprint density at radius 3 is 3.00 bits per heavy atom. The summed E-state index contributed by atoms with van der Waals surface area (Å²) in [6.45, 7) is 0. The van der Waals surface area contributed by atoms with Crippen LogP contribution in [0.25, 0.3) is 0 Å². The zero-order valence-corrected chi connectivity index (χ0v) is 8.50. The van der Waals surface area contributed by atoms with Crippen LogP contribution in [0.3, 0.4) is 0 Å². The molecule has 6 heteroatoms. The minimum absolute atomic E-state index is 0.146. The number of nitrogens with one attached hydrogen (secondary N) is 1. The van der Waals surface area contributed by atoms with Crippen LogP contribution < -0.4 is 5.32 Å². The second-order valence-electron chi connectivity index (χ2n) is 3.72. The monoisotopic (exact) mass is 221 g/mol. The number of carbonyl (C=O) groups is 1. The molecule has 1 saturated heterocycles. The summed E-state index contributed by atoms with van der Waals surface area (Å²) in [4.78, 5) is 25.7. The number of hydrogen-bond acceptors (Lipinski definition) is 4. The van der Waals surface area contributed by atoms with Gasteiger partial charge in [-0.1, -0.05) is 6.07 Å². The van der Waals surface area contributed by atoms with Crippen molar-refractivity contribution in [3.63, 3.8) is 0 Å². The van der Waals surface area contributed by atoms with E-state index in [2.05, 4.69) is 10.3 Å². The summed E-state index contributed by atoms with van der Waals surface area (Å²) in [6.07, 6.45) is 3.63. The first-order valence-electron chi connectivity index (χ1n) is 5.01. The van der Waals surface area contributed by atoms with Crippen LogP contribution in [0, 0.1) is 10.1 Å². The maximum Gasteiger partial charge on any atom is 0.237 e. The summed E-state index contributed by atoms with van der Waals surface area (Å²) in [5.74, 6) is -0.146. The molecule has 2 rings (SSSR count). The molecule has 1 fully saturated rings. The molecule has 2 heterocycles. The minimum Gasteiger partial charge on any atom is -0.343 e. The third kappa shape index (κ3) is 2.00. The molecule has 0 spiro atoms. The van der Waals surface area contributed by atoms with E-state index >= 15 is 0 Å². The Hall–Kier alpha value is -1.98. The fourth-order valence-corrected chi connectivity index (χ4v) is 1.88. The number of aromatic nitrogens is 1. The summed E-state index contributed by atoms with van der Waals surface area (Å²) in [7, 11) is 0. The molecule has 0 radical (unpaired) electrons. The van der Waals surface area contributed by atoms with E-state index in [-0.39, 0.29) is 23.7 Å². The lowest BCUT2D eigenvalue weighted by Gasteiger charge is -2.26. The van der Waals surface area contributed by atoms with Gasteiger partial charge < -0.3 is 5.32 Å². The van der Waals surface area contributed by atoms with Crippen molar-refractivity contribution in [2.45, 2.75) is 24.9 Å². The third-order valence-electron chi connectivity index (χ3n) is 2.68. The van der Waals surface area contributed by atoms with Gasteiger partial charge in [0.05, 0.1) is 0 Å². The topological polar surface area (TPSA) is 85.1 Å². The lowest BCUT2D eigenvalue weighted by Crippen LogP contribution is -2.45. The number of pyridine rings is 1. The molecule has 1 N–H and O–H groups in total. The van der Waals surface area contributed by atoms with Gasteiger partial charge in [0.2, 0.25) is 11.9 Å². The Kier molecular flexibility index (Phi) is 2.80. The van der Waals surface area contributed by atoms with Crippen LogP contribution in [-0.2, 0) is 4.79 Å². The van der Waals surface area contributed by atoms with Crippen molar-refractivity contribution in [2.24, 2.45) is 0 Å². The second kappa shape index (κ2) is 4.26. The molecule has 0 aliphatic carbocycles. The highest BCUT2D eigenvalue weighted by atomic mass is 16.6. The van der Waals surface area contributed by atoms with E-state index in [4.69, 9.17) is 0 Å². The van der Waals surface area contributed by atoms with Crippen molar-refractivity contribution in [2.75, 3.05) is 0 Å². The van der Waals surface area contributed by atoms with E-state index in [9.17, 15) is 14.9 Å². The molecule has 0 aromatic carbocycles. The van der Waals surface area contributed by atoms with Gasteiger partial charge in [-0.2, -0.15) is 0 Å². The number of nitro groups is 1. The lowest BCUT2D eigenvalue weighted by atomic mass is 9.93. The van der Waals surface area contributed by atoms with Gasteiger partial charge in [0.1, 0.15) is 6.04 Å². The van der Waals surface area contributed by atoms with Crippen LogP contribution in [0.15, 0.2) is 24.5 Å². The van der Waals surface area contributed by atoms with Gasteiger partial charge in [0, 0.05) is 30.2 Å². The molecule has 1 aliphatic rings. The lowest BCUT2D eigenvalue weighted by molar-refractivity contribution is -0.529. The SMILES string of the molecule is O=C1CCC([N+](=O)[O-])C(c2cccnc2)N1. The van der Waals surface area contributed by atoms with Crippen LogP contribution in [0.1, 0.15) is 24.4 Å². The Labute approximate surface area is 91.8 Å². The predicted molar refractivity (Wildman–Crippen MR) is 55.1 cm³/mol. The molecule has 0 bridgehead atoms. The molecule has 0 saturated carbocycles. The highest BCUT2D eigenvalue weighted by molar-refractivity contribution is 5.77. The molecular formula is C10H11N3O3. The van der Waals surface area contributed by atoms with Gasteiger partial charge >= 0.3 is 0 Å². The van der Waals surface area contributed by atoms with Crippen molar-refractivity contribution in [1.82, 2.24) is 10.3 Å². The van der Waals surface area contributed by atoms with E-state index in [1.54, 1.807) is 24.5 Å². The van der Waals surface area contributed by atoms with E-state index in [0.29, 0.717) is 5.56 Å². The molecular weight excluding hydrogens is 210 g/mol. The number of amides is 1. The van der Waals surface area contributed by atoms with Crippen LogP contribution in [-0.4, -0.2) is 21.9 Å². The third-order valence-corrected chi connectivity index (χ3v) is 2.68. The normalized spacial score (nSPS) is 24.9. The molecule has 1 amide bonds. The van der Waals surface area contributed by atoms with E-state index < -0.39 is 12.1 Å². The van der Waals surface area contributed by atoms with Crippen molar-refractivity contribution < 1.29 is 9.72 Å². The van der Waals surface area contributed by atoms with Gasteiger partial charge in [-0.15, -0.1) is 0 Å². The second-order valence-corrected chi connectivity index (χ2v) is 3.72. The molecule has 1 aromatic heterocycles. The van der Waals surface area contributed by atoms with Crippen molar-refractivity contribution in [1.29, 1.82) is 0 Å². The Morgan fingerprint density at radius 1 is 1.56 bits per heavy atom. The zero-order chi connectivity index (χ0) is 11.5. The Morgan fingerprint density at radius 2 is 2.38 bits per heavy atom. The first-order chi connectivity index (χ1) is 7.68. The van der Waals surface area contributed by atoms with Gasteiger partial charge in [-0.05, 0) is 11.6 Å². The molecule has 1 aromatic rings. The highest BCUT2D eigenvalue weighted by Crippen LogP contribution is 2.25.